The van der Waals surface area contributed by atoms with E-state index < -0.39 is 0 Å². The lowest BCUT2D eigenvalue weighted by Gasteiger charge is -2.27. The Labute approximate surface area is 94.7 Å². The van der Waals surface area contributed by atoms with Gasteiger partial charge in [-0.2, -0.15) is 12.6 Å². The fraction of sp³-hybridized carbons (Fsp3) is 1.00. The van der Waals surface area contributed by atoms with Crippen molar-refractivity contribution < 1.29 is 0 Å². The van der Waals surface area contributed by atoms with Crippen LogP contribution in [0.15, 0.2) is 0 Å². The second-order valence-corrected chi connectivity index (χ2v) is 4.96. The lowest BCUT2D eigenvalue weighted by molar-refractivity contribution is 0.195. The molecular formula is C12H25NS. The van der Waals surface area contributed by atoms with E-state index in [0.29, 0.717) is 0 Å². The molecule has 84 valence electrons. The molecule has 0 N–H and O–H groups in total. The Morgan fingerprint density at radius 3 is 2.64 bits per heavy atom. The van der Waals surface area contributed by atoms with Crippen molar-refractivity contribution in [1.29, 1.82) is 0 Å². The molecule has 1 nitrogen and oxygen atoms in total. The Morgan fingerprint density at radius 1 is 1.21 bits per heavy atom. The van der Waals surface area contributed by atoms with E-state index in [9.17, 15) is 0 Å². The summed E-state index contributed by atoms with van der Waals surface area (Å²) in [5, 5.41) is 0. The SMILES string of the molecule is CCC1CCC(C)N1CCCCCS. The molecular weight excluding hydrogens is 190 g/mol. The first-order valence-electron chi connectivity index (χ1n) is 6.16. The highest BCUT2D eigenvalue weighted by atomic mass is 32.1. The lowest BCUT2D eigenvalue weighted by Crippen LogP contribution is -2.34. The van der Waals surface area contributed by atoms with Crippen LogP contribution in [0, 0.1) is 0 Å². The summed E-state index contributed by atoms with van der Waals surface area (Å²) in [4.78, 5) is 2.72. The van der Waals surface area contributed by atoms with Gasteiger partial charge >= 0.3 is 0 Å². The van der Waals surface area contributed by atoms with E-state index in [0.717, 1.165) is 17.8 Å². The molecule has 1 aliphatic heterocycles. The number of likely N-dealkylation sites (tertiary alicyclic amines) is 1. The standard InChI is InChI=1S/C12H25NS/c1-3-12-8-7-11(2)13(12)9-5-4-6-10-14/h11-12,14H,3-10H2,1-2H3. The van der Waals surface area contributed by atoms with Gasteiger partial charge < -0.3 is 0 Å². The van der Waals surface area contributed by atoms with Gasteiger partial charge in [0.1, 0.15) is 0 Å². The summed E-state index contributed by atoms with van der Waals surface area (Å²) in [6, 6.07) is 1.71. The predicted octanol–water partition coefficient (Wildman–Crippen LogP) is 3.35. The topological polar surface area (TPSA) is 3.24 Å². The van der Waals surface area contributed by atoms with E-state index in [1.807, 2.05) is 0 Å². The molecule has 0 aromatic heterocycles. The molecule has 2 unspecified atom stereocenters. The molecule has 1 saturated heterocycles. The number of hydrogen-bond donors (Lipinski definition) is 1. The van der Waals surface area contributed by atoms with Gasteiger partial charge in [-0.15, -0.1) is 0 Å². The second kappa shape index (κ2) is 6.73. The van der Waals surface area contributed by atoms with Crippen molar-refractivity contribution in [3.8, 4) is 0 Å². The minimum Gasteiger partial charge on any atom is -0.298 e. The van der Waals surface area contributed by atoms with Crippen LogP contribution >= 0.6 is 12.6 Å². The molecule has 0 aromatic rings. The van der Waals surface area contributed by atoms with Crippen molar-refractivity contribution in [2.45, 2.75) is 64.5 Å². The molecule has 1 heterocycles. The van der Waals surface area contributed by atoms with Gasteiger partial charge in [0.15, 0.2) is 0 Å². The van der Waals surface area contributed by atoms with Crippen molar-refractivity contribution in [2.75, 3.05) is 12.3 Å². The molecule has 1 aliphatic rings. The Bertz CT molecular complexity index is 149. The van der Waals surface area contributed by atoms with E-state index in [-0.39, 0.29) is 0 Å². The number of rotatable bonds is 6. The largest absolute Gasteiger partial charge is 0.298 e. The average molecular weight is 215 g/mol. The average Bonchev–Trinajstić information content (AvgIpc) is 2.55. The van der Waals surface area contributed by atoms with Crippen molar-refractivity contribution in [3.63, 3.8) is 0 Å². The maximum atomic E-state index is 4.24. The van der Waals surface area contributed by atoms with Gasteiger partial charge in [-0.3, -0.25) is 4.90 Å². The maximum Gasteiger partial charge on any atom is 0.00960 e. The number of unbranched alkanes of at least 4 members (excludes halogenated alkanes) is 2. The summed E-state index contributed by atoms with van der Waals surface area (Å²) >= 11 is 4.24. The first kappa shape index (κ1) is 12.4. The Kier molecular flexibility index (Phi) is 5.95. The molecule has 1 fully saturated rings. The highest BCUT2D eigenvalue weighted by Crippen LogP contribution is 2.26. The second-order valence-electron chi connectivity index (χ2n) is 4.51. The quantitative estimate of drug-likeness (QED) is 0.525. The normalized spacial score (nSPS) is 28.5. The highest BCUT2D eigenvalue weighted by molar-refractivity contribution is 7.80. The van der Waals surface area contributed by atoms with E-state index in [1.165, 1.54) is 45.1 Å². The summed E-state index contributed by atoms with van der Waals surface area (Å²) in [5.74, 6) is 1.05. The molecule has 0 spiro atoms. The van der Waals surface area contributed by atoms with E-state index in [2.05, 4.69) is 31.4 Å². The first-order valence-corrected chi connectivity index (χ1v) is 6.79. The molecule has 14 heavy (non-hydrogen) atoms. The number of hydrogen-bond acceptors (Lipinski definition) is 2. The van der Waals surface area contributed by atoms with Gasteiger partial charge in [-0.1, -0.05) is 13.3 Å². The summed E-state index contributed by atoms with van der Waals surface area (Å²) in [6.07, 6.45) is 8.15. The predicted molar refractivity (Wildman–Crippen MR) is 67.2 cm³/mol. The van der Waals surface area contributed by atoms with E-state index >= 15 is 0 Å². The van der Waals surface area contributed by atoms with Gasteiger partial charge in [0.25, 0.3) is 0 Å². The zero-order valence-electron chi connectivity index (χ0n) is 9.71. The maximum absolute atomic E-state index is 4.24. The molecule has 2 heteroatoms. The van der Waals surface area contributed by atoms with E-state index in [4.69, 9.17) is 0 Å². The summed E-state index contributed by atoms with van der Waals surface area (Å²) in [7, 11) is 0. The minimum absolute atomic E-state index is 0.830. The Morgan fingerprint density at radius 2 is 2.00 bits per heavy atom. The van der Waals surface area contributed by atoms with Crippen LogP contribution in [0.2, 0.25) is 0 Å². The third-order valence-corrected chi connectivity index (χ3v) is 3.81. The Balaban J connectivity index is 2.19. The molecule has 0 bridgehead atoms. The van der Waals surface area contributed by atoms with Gasteiger partial charge in [-0.05, 0) is 51.3 Å². The van der Waals surface area contributed by atoms with Crippen LogP contribution in [0.4, 0.5) is 0 Å². The molecule has 2 atom stereocenters. The van der Waals surface area contributed by atoms with Crippen LogP contribution < -0.4 is 0 Å². The van der Waals surface area contributed by atoms with Crippen LogP contribution in [-0.4, -0.2) is 29.3 Å². The summed E-state index contributed by atoms with van der Waals surface area (Å²) < 4.78 is 0. The Hall–Kier alpha value is 0.310. The van der Waals surface area contributed by atoms with Gasteiger partial charge in [0, 0.05) is 12.1 Å². The molecule has 0 amide bonds. The zero-order chi connectivity index (χ0) is 10.4. The lowest BCUT2D eigenvalue weighted by atomic mass is 10.1. The monoisotopic (exact) mass is 215 g/mol. The van der Waals surface area contributed by atoms with Crippen LogP contribution in [0.3, 0.4) is 0 Å². The summed E-state index contributed by atoms with van der Waals surface area (Å²) in [6.45, 7) is 6.02. The minimum atomic E-state index is 0.830. The highest BCUT2D eigenvalue weighted by Gasteiger charge is 2.28. The van der Waals surface area contributed by atoms with Crippen molar-refractivity contribution in [1.82, 2.24) is 4.90 Å². The number of thiol groups is 1. The third kappa shape index (κ3) is 3.47. The van der Waals surface area contributed by atoms with Crippen LogP contribution in [0.1, 0.15) is 52.4 Å². The molecule has 0 aromatic carbocycles. The smallest absolute Gasteiger partial charge is 0.00960 e. The van der Waals surface area contributed by atoms with E-state index in [1.54, 1.807) is 0 Å². The van der Waals surface area contributed by atoms with Crippen LogP contribution in [0.5, 0.6) is 0 Å². The number of nitrogens with zero attached hydrogens (tertiary/aromatic N) is 1. The van der Waals surface area contributed by atoms with Crippen molar-refractivity contribution >= 4 is 12.6 Å². The van der Waals surface area contributed by atoms with Crippen LogP contribution in [-0.2, 0) is 0 Å². The third-order valence-electron chi connectivity index (χ3n) is 3.50. The fourth-order valence-electron chi connectivity index (χ4n) is 2.55. The molecule has 1 rings (SSSR count). The van der Waals surface area contributed by atoms with Crippen molar-refractivity contribution in [3.05, 3.63) is 0 Å². The fourth-order valence-corrected chi connectivity index (χ4v) is 2.77. The molecule has 0 saturated carbocycles. The van der Waals surface area contributed by atoms with Crippen LogP contribution in [0.25, 0.3) is 0 Å². The van der Waals surface area contributed by atoms with Gasteiger partial charge in [0.2, 0.25) is 0 Å². The van der Waals surface area contributed by atoms with Crippen molar-refractivity contribution in [2.24, 2.45) is 0 Å². The summed E-state index contributed by atoms with van der Waals surface area (Å²) in [5.41, 5.74) is 0. The van der Waals surface area contributed by atoms with Gasteiger partial charge in [0.05, 0.1) is 0 Å². The van der Waals surface area contributed by atoms with Gasteiger partial charge in [-0.25, -0.2) is 0 Å². The first-order chi connectivity index (χ1) is 6.79. The molecule has 0 aliphatic carbocycles. The zero-order valence-corrected chi connectivity index (χ0v) is 10.6. The molecule has 0 radical (unpaired) electrons.